The minimum Gasteiger partial charge on any atom is -0.288 e. The molecule has 0 aromatic heterocycles. The summed E-state index contributed by atoms with van der Waals surface area (Å²) in [4.78, 5) is 10.7. The fourth-order valence-electron chi connectivity index (χ4n) is 1.08. The van der Waals surface area contributed by atoms with Gasteiger partial charge in [0.2, 0.25) is 0 Å². The Bertz CT molecular complexity index is 418. The van der Waals surface area contributed by atoms with Gasteiger partial charge in [-0.05, 0) is 11.6 Å². The van der Waals surface area contributed by atoms with E-state index in [2.05, 4.69) is 6.07 Å². The molecule has 3 heteroatoms. The lowest BCUT2D eigenvalue weighted by atomic mass is 10.1. The second-order valence-electron chi connectivity index (χ2n) is 2.90. The number of carbonyl (C=O) groups excluding carboxylic acids is 1. The van der Waals surface area contributed by atoms with Crippen LogP contribution in [0.1, 0.15) is 18.1 Å². The zero-order valence-corrected chi connectivity index (χ0v) is 9.25. The maximum atomic E-state index is 10.7. The van der Waals surface area contributed by atoms with Crippen LogP contribution in [0.25, 0.3) is 6.08 Å². The average molecular weight is 217 g/mol. The standard InChI is InChI=1S/C12H11NOS/c1-10(14)15-8-4-7-11-5-2-3-6-12(11)9-13/h2-7H,8H2,1H3. The van der Waals surface area contributed by atoms with E-state index in [-0.39, 0.29) is 5.12 Å². The molecular weight excluding hydrogens is 206 g/mol. The van der Waals surface area contributed by atoms with E-state index < -0.39 is 0 Å². The molecule has 2 nitrogen and oxygen atoms in total. The number of nitriles is 1. The molecule has 0 atom stereocenters. The number of hydrogen-bond donors (Lipinski definition) is 0. The van der Waals surface area contributed by atoms with Crippen LogP contribution in [0.3, 0.4) is 0 Å². The molecule has 0 radical (unpaired) electrons. The molecule has 0 N–H and O–H groups in total. The van der Waals surface area contributed by atoms with Gasteiger partial charge in [-0.3, -0.25) is 4.79 Å². The van der Waals surface area contributed by atoms with Crippen molar-refractivity contribution >= 4 is 23.0 Å². The van der Waals surface area contributed by atoms with Gasteiger partial charge in [0.05, 0.1) is 11.6 Å². The van der Waals surface area contributed by atoms with E-state index in [4.69, 9.17) is 5.26 Å². The highest BCUT2D eigenvalue weighted by Gasteiger charge is 1.95. The van der Waals surface area contributed by atoms with Crippen molar-refractivity contribution in [2.75, 3.05) is 5.75 Å². The lowest BCUT2D eigenvalue weighted by Gasteiger charge is -1.95. The minimum absolute atomic E-state index is 0.105. The highest BCUT2D eigenvalue weighted by atomic mass is 32.2. The van der Waals surface area contributed by atoms with Crippen molar-refractivity contribution in [1.82, 2.24) is 0 Å². The van der Waals surface area contributed by atoms with Crippen molar-refractivity contribution in [2.45, 2.75) is 6.92 Å². The summed E-state index contributed by atoms with van der Waals surface area (Å²) < 4.78 is 0. The summed E-state index contributed by atoms with van der Waals surface area (Å²) >= 11 is 1.26. The van der Waals surface area contributed by atoms with Crippen LogP contribution in [0.15, 0.2) is 30.3 Å². The van der Waals surface area contributed by atoms with Crippen LogP contribution < -0.4 is 0 Å². The van der Waals surface area contributed by atoms with Crippen LogP contribution in [0.2, 0.25) is 0 Å². The zero-order valence-electron chi connectivity index (χ0n) is 8.43. The molecule has 15 heavy (non-hydrogen) atoms. The first-order valence-electron chi connectivity index (χ1n) is 4.53. The summed E-state index contributed by atoms with van der Waals surface area (Å²) in [7, 11) is 0. The SMILES string of the molecule is CC(=O)SCC=Cc1ccccc1C#N. The molecule has 0 aliphatic rings. The summed E-state index contributed by atoms with van der Waals surface area (Å²) in [6.45, 7) is 1.54. The van der Waals surface area contributed by atoms with Crippen LogP contribution >= 0.6 is 11.8 Å². The second kappa shape index (κ2) is 6.05. The Hall–Kier alpha value is -1.53. The molecule has 0 spiro atoms. The molecule has 0 aliphatic heterocycles. The Balaban J connectivity index is 2.64. The molecule has 76 valence electrons. The fraction of sp³-hybridized carbons (Fsp3) is 0.167. The van der Waals surface area contributed by atoms with E-state index in [0.29, 0.717) is 11.3 Å². The van der Waals surface area contributed by atoms with Gasteiger partial charge in [-0.15, -0.1) is 0 Å². The smallest absolute Gasteiger partial charge is 0.186 e. The first-order chi connectivity index (χ1) is 7.24. The summed E-state index contributed by atoms with van der Waals surface area (Å²) in [5.74, 6) is 0.648. The molecule has 0 saturated carbocycles. The van der Waals surface area contributed by atoms with Crippen LogP contribution in [-0.2, 0) is 4.79 Å². The topological polar surface area (TPSA) is 40.9 Å². The van der Waals surface area contributed by atoms with Crippen molar-refractivity contribution in [3.05, 3.63) is 41.5 Å². The molecule has 0 bridgehead atoms. The van der Waals surface area contributed by atoms with Crippen LogP contribution in [-0.4, -0.2) is 10.9 Å². The maximum absolute atomic E-state index is 10.7. The van der Waals surface area contributed by atoms with Gasteiger partial charge >= 0.3 is 0 Å². The van der Waals surface area contributed by atoms with Crippen LogP contribution in [0.5, 0.6) is 0 Å². The molecule has 0 heterocycles. The molecule has 1 aromatic carbocycles. The number of hydrogen-bond acceptors (Lipinski definition) is 3. The Morgan fingerprint density at radius 1 is 1.53 bits per heavy atom. The molecular formula is C12H11NOS. The molecule has 1 aromatic rings. The number of thioether (sulfide) groups is 1. The molecule has 0 unspecified atom stereocenters. The van der Waals surface area contributed by atoms with Crippen LogP contribution in [0.4, 0.5) is 0 Å². The van der Waals surface area contributed by atoms with Gasteiger partial charge in [-0.25, -0.2) is 0 Å². The first-order valence-corrected chi connectivity index (χ1v) is 5.51. The number of carbonyl (C=O) groups is 1. The molecule has 1 rings (SSSR count). The summed E-state index contributed by atoms with van der Waals surface area (Å²) in [6.07, 6.45) is 3.76. The van der Waals surface area contributed by atoms with E-state index in [1.54, 1.807) is 13.0 Å². The summed E-state index contributed by atoms with van der Waals surface area (Å²) in [5.41, 5.74) is 1.55. The van der Waals surface area contributed by atoms with E-state index in [0.717, 1.165) is 5.56 Å². The number of nitrogens with zero attached hydrogens (tertiary/aromatic N) is 1. The third-order valence-corrected chi connectivity index (χ3v) is 2.53. The Kier molecular flexibility index (Phi) is 4.65. The van der Waals surface area contributed by atoms with Gasteiger partial charge in [0, 0.05) is 12.7 Å². The monoisotopic (exact) mass is 217 g/mol. The lowest BCUT2D eigenvalue weighted by Crippen LogP contribution is -1.83. The highest BCUT2D eigenvalue weighted by Crippen LogP contribution is 2.10. The van der Waals surface area contributed by atoms with Crippen molar-refractivity contribution in [3.8, 4) is 6.07 Å². The zero-order chi connectivity index (χ0) is 11.1. The fourth-order valence-corrected chi connectivity index (χ4v) is 1.51. The highest BCUT2D eigenvalue weighted by molar-refractivity contribution is 8.13. The van der Waals surface area contributed by atoms with E-state index in [1.165, 1.54) is 11.8 Å². The predicted molar refractivity (Wildman–Crippen MR) is 63.3 cm³/mol. The lowest BCUT2D eigenvalue weighted by molar-refractivity contribution is -0.109. The summed E-state index contributed by atoms with van der Waals surface area (Å²) in [6, 6.07) is 9.50. The number of benzene rings is 1. The largest absolute Gasteiger partial charge is 0.288 e. The van der Waals surface area contributed by atoms with Crippen molar-refractivity contribution < 1.29 is 4.79 Å². The Labute approximate surface area is 93.6 Å². The molecule has 0 aliphatic carbocycles. The predicted octanol–water partition coefficient (Wildman–Crippen LogP) is 2.85. The van der Waals surface area contributed by atoms with Gasteiger partial charge in [0.25, 0.3) is 0 Å². The van der Waals surface area contributed by atoms with E-state index >= 15 is 0 Å². The van der Waals surface area contributed by atoms with E-state index in [1.807, 2.05) is 30.4 Å². The van der Waals surface area contributed by atoms with Crippen LogP contribution in [0, 0.1) is 11.3 Å². The van der Waals surface area contributed by atoms with Gasteiger partial charge in [0.1, 0.15) is 0 Å². The van der Waals surface area contributed by atoms with E-state index in [9.17, 15) is 4.79 Å². The van der Waals surface area contributed by atoms with Gasteiger partial charge in [0.15, 0.2) is 5.12 Å². The normalized spacial score (nSPS) is 10.1. The third-order valence-electron chi connectivity index (χ3n) is 1.76. The Morgan fingerprint density at radius 3 is 2.93 bits per heavy atom. The molecule has 0 saturated heterocycles. The molecule has 0 fully saturated rings. The van der Waals surface area contributed by atoms with Crippen molar-refractivity contribution in [1.29, 1.82) is 5.26 Å². The quantitative estimate of drug-likeness (QED) is 0.781. The summed E-state index contributed by atoms with van der Waals surface area (Å²) in [5, 5.41) is 8.92. The minimum atomic E-state index is 0.105. The third kappa shape index (κ3) is 4.01. The Morgan fingerprint density at radius 2 is 2.27 bits per heavy atom. The van der Waals surface area contributed by atoms with Gasteiger partial charge < -0.3 is 0 Å². The molecule has 0 amide bonds. The average Bonchev–Trinajstić information content (AvgIpc) is 2.24. The van der Waals surface area contributed by atoms with Gasteiger partial charge in [-0.2, -0.15) is 5.26 Å². The van der Waals surface area contributed by atoms with Crippen molar-refractivity contribution in [3.63, 3.8) is 0 Å². The first kappa shape index (κ1) is 11.5. The van der Waals surface area contributed by atoms with Crippen molar-refractivity contribution in [2.24, 2.45) is 0 Å². The second-order valence-corrected chi connectivity index (χ2v) is 4.10. The van der Waals surface area contributed by atoms with Gasteiger partial charge in [-0.1, -0.05) is 42.1 Å². The maximum Gasteiger partial charge on any atom is 0.186 e. The number of rotatable bonds is 3.